The Morgan fingerprint density at radius 1 is 0.963 bits per heavy atom. The molecular formula is C46H43Cl2N4O25P3. The van der Waals surface area contributed by atoms with Crippen molar-refractivity contribution in [1.29, 1.82) is 0 Å². The number of nitrogens with zero attached hydrogens (tertiary/aromatic N) is 2. The molecule has 7 rings (SSSR count). The number of halogens is 2. The Morgan fingerprint density at radius 3 is 2.30 bits per heavy atom. The standard InChI is InChI=1S/C46H43Cl2N4O25P3/c1-20(2)40(72-18-23-17-51(46(60)50-44(23)57)34-16-30(53)33(74-34)19-73-79(66,67)77-80(68,69)76-78(63,64)65)25-9-7-21(12-29(25)52(61)62)6-5-11-49-43(56)22-8-10-24(45(58)59)26(13-22)35-27-14-31(70-3)38(54)36(47)41(27)75-42-28(35)15-32(71-4)39(55)37(42)48/h7-10,12-15,17,20,30,33-34,40,53-54H,11,16,18-19H2,1-4H3,(H,49,56)(H,58,59)(H,66,67)(H,68,69)(H,50,57,60)(H2,63,64,65)/t30?,33-,34-,40?/m1/s1. The highest BCUT2D eigenvalue weighted by molar-refractivity contribution is 7.66. The Hall–Kier alpha value is -6.80. The Balaban J connectivity index is 1.08. The number of hydrogen-bond donors (Lipinski definition) is 9. The third kappa shape index (κ3) is 13.5. The number of carboxylic acid groups (broad SMARTS) is 1. The molecule has 3 aromatic carbocycles. The number of nitrogens with one attached hydrogen (secondary N) is 2. The van der Waals surface area contributed by atoms with Gasteiger partial charge in [0.05, 0.1) is 67.8 Å². The molecule has 1 aromatic heterocycles. The summed E-state index contributed by atoms with van der Waals surface area (Å²) in [5, 5.41) is 46.0. The second-order valence-corrected chi connectivity index (χ2v) is 22.6. The van der Waals surface area contributed by atoms with Crippen LogP contribution in [0.1, 0.15) is 70.0 Å². The molecule has 4 unspecified atom stereocenters. The number of amides is 1. The number of carbonyl (C=O) groups is 2. The van der Waals surface area contributed by atoms with Crippen molar-refractivity contribution in [2.45, 2.75) is 51.4 Å². The third-order valence-electron chi connectivity index (χ3n) is 11.8. The van der Waals surface area contributed by atoms with Crippen LogP contribution in [0, 0.1) is 27.9 Å². The van der Waals surface area contributed by atoms with E-state index in [2.05, 4.69) is 35.3 Å². The first-order chi connectivity index (χ1) is 37.4. The summed E-state index contributed by atoms with van der Waals surface area (Å²) >= 11 is 13.0. The van der Waals surface area contributed by atoms with E-state index in [1.54, 1.807) is 13.8 Å². The monoisotopic (exact) mass is 1210 g/mol. The Labute approximate surface area is 458 Å². The van der Waals surface area contributed by atoms with Crippen molar-refractivity contribution in [3.8, 4) is 51.5 Å². The van der Waals surface area contributed by atoms with Gasteiger partial charge in [0.25, 0.3) is 17.2 Å². The number of rotatable bonds is 20. The highest BCUT2D eigenvalue weighted by Crippen LogP contribution is 2.66. The first kappa shape index (κ1) is 60.8. The maximum Gasteiger partial charge on any atom is 0.490 e. The summed E-state index contributed by atoms with van der Waals surface area (Å²) in [6, 6.07) is 10.1. The number of methoxy groups -OCH3 is 2. The van der Waals surface area contributed by atoms with Crippen molar-refractivity contribution in [1.82, 2.24) is 14.9 Å². The van der Waals surface area contributed by atoms with Gasteiger partial charge in [-0.2, -0.15) is 8.62 Å². The second-order valence-electron chi connectivity index (χ2n) is 17.4. The topological polar surface area (TPSA) is 432 Å². The van der Waals surface area contributed by atoms with E-state index in [0.29, 0.717) is 0 Å². The number of phenolic OH excluding ortho intramolecular Hbond substituents is 1. The first-order valence-electron chi connectivity index (χ1n) is 22.7. The summed E-state index contributed by atoms with van der Waals surface area (Å²) in [6.07, 6.45) is -4.92. The zero-order chi connectivity index (χ0) is 58.9. The molecule has 426 valence electrons. The lowest BCUT2D eigenvalue weighted by atomic mass is 9.89. The number of nitro benzene ring substituents is 1. The normalized spacial score (nSPS) is 17.3. The molecule has 9 N–H and O–H groups in total. The van der Waals surface area contributed by atoms with Gasteiger partial charge >= 0.3 is 35.1 Å². The van der Waals surface area contributed by atoms with Crippen molar-refractivity contribution in [3.63, 3.8) is 0 Å². The van der Waals surface area contributed by atoms with Crippen LogP contribution in [0.15, 0.2) is 73.5 Å². The SMILES string of the molecule is COc1cc2c(-c3cc(C(=O)NCC#Cc4ccc(C(OCc5cn([C@H]6CC(O)[C@@H](COP(=O)(O)OP(=O)(O)OP(=O)(O)O)O6)c(=O)[nH]c5=O)C(C)C)c([N+](=O)[O-])c4)ccc3C(=O)O)c3cc(OC)c(=O)c(Cl)c-3oc2c(Cl)c1O. The zero-order valence-corrected chi connectivity index (χ0v) is 45.6. The second kappa shape index (κ2) is 24.1. The predicted molar refractivity (Wildman–Crippen MR) is 277 cm³/mol. The number of aliphatic hydroxyl groups excluding tert-OH is 1. The van der Waals surface area contributed by atoms with Crippen LogP contribution in [0.4, 0.5) is 5.69 Å². The van der Waals surface area contributed by atoms with Crippen molar-refractivity contribution in [2.75, 3.05) is 27.4 Å². The van der Waals surface area contributed by atoms with Crippen LogP contribution in [0.25, 0.3) is 33.4 Å². The summed E-state index contributed by atoms with van der Waals surface area (Å²) in [4.78, 5) is 116. The molecule has 2 aliphatic heterocycles. The number of aromatic hydroxyl groups is 1. The van der Waals surface area contributed by atoms with Gasteiger partial charge in [-0.3, -0.25) is 38.6 Å². The van der Waals surface area contributed by atoms with Crippen molar-refractivity contribution < 1.29 is 99.6 Å². The fraction of sp³-hybridized carbons (Fsp3) is 0.283. The molecule has 0 bridgehead atoms. The number of carbonyl (C=O) groups excluding carboxylic acids is 1. The van der Waals surface area contributed by atoms with Gasteiger partial charge < -0.3 is 63.6 Å². The molecule has 1 aliphatic carbocycles. The fourth-order valence-electron chi connectivity index (χ4n) is 8.25. The van der Waals surface area contributed by atoms with E-state index < -0.39 is 123 Å². The molecule has 34 heteroatoms. The molecule has 6 atom stereocenters. The molecular weight excluding hydrogens is 1170 g/mol. The molecule has 3 heterocycles. The highest BCUT2D eigenvalue weighted by Gasteiger charge is 2.43. The largest absolute Gasteiger partial charge is 0.503 e. The van der Waals surface area contributed by atoms with Gasteiger partial charge in [-0.25, -0.2) is 23.3 Å². The molecule has 29 nitrogen and oxygen atoms in total. The number of fused-ring (bicyclic) bond motifs is 2. The van der Waals surface area contributed by atoms with Crippen LogP contribution in [-0.4, -0.2) is 101 Å². The Morgan fingerprint density at radius 2 is 1.66 bits per heavy atom. The van der Waals surface area contributed by atoms with Crippen LogP contribution >= 0.6 is 46.7 Å². The van der Waals surface area contributed by atoms with Crippen LogP contribution < -0.4 is 31.5 Å². The molecule has 1 saturated heterocycles. The van der Waals surface area contributed by atoms with E-state index in [0.717, 1.165) is 22.9 Å². The molecule has 1 fully saturated rings. The number of phosphoric acid groups is 3. The number of phenols is 1. The molecule has 80 heavy (non-hydrogen) atoms. The number of H-pyrrole nitrogens is 1. The maximum atomic E-state index is 13.7. The molecule has 0 spiro atoms. The van der Waals surface area contributed by atoms with Gasteiger partial charge in [0.2, 0.25) is 5.43 Å². The average Bonchev–Trinajstić information content (AvgIpc) is 3.74. The van der Waals surface area contributed by atoms with Crippen LogP contribution in [0.3, 0.4) is 0 Å². The number of carboxylic acids is 1. The highest BCUT2D eigenvalue weighted by atomic mass is 35.5. The van der Waals surface area contributed by atoms with Gasteiger partial charge in [0, 0.05) is 46.3 Å². The number of aromatic carboxylic acids is 1. The van der Waals surface area contributed by atoms with Gasteiger partial charge in [-0.15, -0.1) is 0 Å². The number of aromatic amines is 1. The van der Waals surface area contributed by atoms with E-state index in [-0.39, 0.29) is 84.3 Å². The van der Waals surface area contributed by atoms with Crippen LogP contribution in [-0.2, 0) is 42.9 Å². The summed E-state index contributed by atoms with van der Waals surface area (Å²) in [6.45, 7) is 1.38. The van der Waals surface area contributed by atoms with Gasteiger partial charge in [0.1, 0.15) is 22.4 Å². The lowest BCUT2D eigenvalue weighted by Crippen LogP contribution is -2.34. The number of aromatic nitrogens is 2. The number of hydrogen-bond acceptors (Lipinski definition) is 20. The minimum absolute atomic E-state index is 0.0411. The number of nitro groups is 1. The van der Waals surface area contributed by atoms with Crippen LogP contribution in [0.5, 0.6) is 17.2 Å². The summed E-state index contributed by atoms with van der Waals surface area (Å²) in [7, 11) is -14.7. The first-order valence-corrected chi connectivity index (χ1v) is 28.0. The lowest BCUT2D eigenvalue weighted by molar-refractivity contribution is -0.386. The molecule has 0 radical (unpaired) electrons. The fourth-order valence-corrected chi connectivity index (χ4v) is 11.7. The minimum atomic E-state index is -5.86. The minimum Gasteiger partial charge on any atom is -0.503 e. The van der Waals surface area contributed by atoms with Crippen molar-refractivity contribution in [2.24, 2.45) is 5.92 Å². The van der Waals surface area contributed by atoms with E-state index in [1.807, 2.05) is 0 Å². The molecule has 4 aromatic rings. The maximum absolute atomic E-state index is 13.7. The summed E-state index contributed by atoms with van der Waals surface area (Å²) in [5.41, 5.74) is -3.88. The summed E-state index contributed by atoms with van der Waals surface area (Å²) in [5.74, 6) is 1.58. The smallest absolute Gasteiger partial charge is 0.490 e. The number of benzene rings is 4. The number of phosphoric ester groups is 1. The van der Waals surface area contributed by atoms with Crippen molar-refractivity contribution in [3.05, 3.63) is 134 Å². The predicted octanol–water partition coefficient (Wildman–Crippen LogP) is 5.74. The number of aliphatic hydroxyl groups is 1. The van der Waals surface area contributed by atoms with Crippen molar-refractivity contribution >= 4 is 75.2 Å². The van der Waals surface area contributed by atoms with Crippen LogP contribution in [0.2, 0.25) is 10.0 Å². The Bertz CT molecular complexity index is 3850. The third-order valence-corrected chi connectivity index (χ3v) is 16.3. The molecule has 1 amide bonds. The average molecular weight is 1220 g/mol. The van der Waals surface area contributed by atoms with Gasteiger partial charge in [-0.05, 0) is 53.9 Å². The van der Waals surface area contributed by atoms with Gasteiger partial charge in [-0.1, -0.05) is 48.9 Å². The quantitative estimate of drug-likeness (QED) is 0.0145. The van der Waals surface area contributed by atoms with E-state index in [4.69, 9.17) is 56.4 Å². The molecule has 3 aliphatic rings. The van der Waals surface area contributed by atoms with E-state index in [9.17, 15) is 72.9 Å². The van der Waals surface area contributed by atoms with E-state index >= 15 is 0 Å². The number of ether oxygens (including phenoxy) is 4. The zero-order valence-electron chi connectivity index (χ0n) is 41.4. The Kier molecular flexibility index (Phi) is 18.3. The molecule has 0 saturated carbocycles. The summed E-state index contributed by atoms with van der Waals surface area (Å²) < 4.78 is 75.6. The van der Waals surface area contributed by atoms with E-state index in [1.165, 1.54) is 50.6 Å². The van der Waals surface area contributed by atoms with Gasteiger partial charge in [0.15, 0.2) is 28.6 Å². The lowest BCUT2D eigenvalue weighted by Gasteiger charge is -2.22.